The zero-order valence-corrected chi connectivity index (χ0v) is 13.1. The highest BCUT2D eigenvalue weighted by atomic mass is 16.2. The van der Waals surface area contributed by atoms with E-state index in [4.69, 9.17) is 5.73 Å². The molecule has 0 spiro atoms. The van der Waals surface area contributed by atoms with Crippen LogP contribution in [0.3, 0.4) is 0 Å². The van der Waals surface area contributed by atoms with Gasteiger partial charge in [-0.05, 0) is 13.3 Å². The van der Waals surface area contributed by atoms with Gasteiger partial charge in [0.2, 0.25) is 0 Å². The van der Waals surface area contributed by atoms with Gasteiger partial charge in [-0.15, -0.1) is 0 Å². The van der Waals surface area contributed by atoms with E-state index in [-0.39, 0.29) is 16.9 Å². The maximum Gasteiger partial charge on any atom is 0.327 e. The number of aromatic nitrogens is 6. The summed E-state index contributed by atoms with van der Waals surface area (Å²) in [5, 5.41) is 4.16. The largest absolute Gasteiger partial charge is 0.364 e. The molecular weight excluding hydrogens is 298 g/mol. The Bertz CT molecular complexity index is 964. The number of fused-ring (bicyclic) bond motifs is 1. The number of primary amides is 1. The van der Waals surface area contributed by atoms with E-state index in [0.717, 1.165) is 12.1 Å². The lowest BCUT2D eigenvalue weighted by Crippen LogP contribution is -2.16. The zero-order chi connectivity index (χ0) is 16.7. The lowest BCUT2D eigenvalue weighted by molar-refractivity contribution is 0.0997. The number of carbonyl (C=O) groups excluding carboxylic acids is 1. The Morgan fingerprint density at radius 1 is 1.39 bits per heavy atom. The lowest BCUT2D eigenvalue weighted by Gasteiger charge is -2.05. The molecule has 0 fully saturated rings. The van der Waals surface area contributed by atoms with E-state index in [1.54, 1.807) is 17.9 Å². The molecule has 0 aliphatic rings. The van der Waals surface area contributed by atoms with Gasteiger partial charge in [-0.2, -0.15) is 5.10 Å². The molecule has 0 atom stereocenters. The van der Waals surface area contributed by atoms with Crippen LogP contribution in [-0.4, -0.2) is 35.2 Å². The molecule has 0 saturated carbocycles. The van der Waals surface area contributed by atoms with Gasteiger partial charge in [0, 0.05) is 19.3 Å². The maximum absolute atomic E-state index is 12.1. The zero-order valence-electron chi connectivity index (χ0n) is 13.1. The van der Waals surface area contributed by atoms with E-state index in [2.05, 4.69) is 20.1 Å². The molecule has 0 aliphatic carbocycles. The van der Waals surface area contributed by atoms with E-state index in [0.29, 0.717) is 23.6 Å². The molecule has 0 bridgehead atoms. The highest BCUT2D eigenvalue weighted by molar-refractivity contribution is 6.01. The molecule has 1 amide bonds. The summed E-state index contributed by atoms with van der Waals surface area (Å²) in [5.74, 6) is -0.397. The topological polar surface area (TPSA) is 124 Å². The molecule has 9 heteroatoms. The first-order valence-corrected chi connectivity index (χ1v) is 7.23. The van der Waals surface area contributed by atoms with E-state index in [1.807, 2.05) is 13.8 Å². The molecule has 0 aliphatic heterocycles. The fourth-order valence-electron chi connectivity index (χ4n) is 2.48. The third-order valence-corrected chi connectivity index (χ3v) is 3.78. The predicted molar refractivity (Wildman–Crippen MR) is 83.9 cm³/mol. The first kappa shape index (κ1) is 14.9. The molecule has 23 heavy (non-hydrogen) atoms. The van der Waals surface area contributed by atoms with Gasteiger partial charge in [-0.1, -0.05) is 6.92 Å². The number of aromatic amines is 1. The maximum atomic E-state index is 12.1. The number of nitrogens with two attached hydrogens (primary N) is 1. The van der Waals surface area contributed by atoms with Crippen LogP contribution in [-0.2, 0) is 13.6 Å². The van der Waals surface area contributed by atoms with Crippen molar-refractivity contribution in [1.82, 2.24) is 29.3 Å². The number of hydrogen-bond acceptors (Lipinski definition) is 5. The number of H-pyrrole nitrogens is 1. The van der Waals surface area contributed by atoms with Gasteiger partial charge in [-0.25, -0.2) is 14.8 Å². The first-order chi connectivity index (χ1) is 10.9. The predicted octanol–water partition coefficient (Wildman–Crippen LogP) is 0.337. The minimum Gasteiger partial charge on any atom is -0.364 e. The summed E-state index contributed by atoms with van der Waals surface area (Å²) in [4.78, 5) is 35.2. The van der Waals surface area contributed by atoms with E-state index < -0.39 is 5.91 Å². The van der Waals surface area contributed by atoms with Crippen molar-refractivity contribution in [3.63, 3.8) is 0 Å². The SMILES string of the molecule is CCCn1c(=O)[nH]c2c(C(N)=O)nc(-c3cnn(C)c3C)nc21. The van der Waals surface area contributed by atoms with Crippen LogP contribution in [0.4, 0.5) is 0 Å². The fourth-order valence-corrected chi connectivity index (χ4v) is 2.48. The summed E-state index contributed by atoms with van der Waals surface area (Å²) in [6, 6.07) is 0. The van der Waals surface area contributed by atoms with Gasteiger partial charge < -0.3 is 10.7 Å². The Kier molecular flexibility index (Phi) is 3.47. The Hall–Kier alpha value is -2.97. The van der Waals surface area contributed by atoms with Crippen molar-refractivity contribution >= 4 is 17.1 Å². The third kappa shape index (κ3) is 2.30. The standard InChI is InChI=1S/C14H17N7O2/c1-4-5-21-13-10(18-14(21)23)9(11(15)22)17-12(19-13)8-6-16-20(3)7(8)2/h6H,4-5H2,1-3H3,(H2,15,22)(H,18,23). The number of nitrogens with one attached hydrogen (secondary N) is 1. The van der Waals surface area contributed by atoms with Crippen LogP contribution in [0.2, 0.25) is 0 Å². The molecule has 0 aromatic carbocycles. The Labute approximate surface area is 131 Å². The van der Waals surface area contributed by atoms with E-state index in [1.165, 1.54) is 4.57 Å². The number of hydrogen-bond donors (Lipinski definition) is 2. The van der Waals surface area contributed by atoms with Gasteiger partial charge in [0.1, 0.15) is 5.52 Å². The van der Waals surface area contributed by atoms with Gasteiger partial charge in [0.15, 0.2) is 17.2 Å². The fraction of sp³-hybridized carbons (Fsp3) is 0.357. The average molecular weight is 315 g/mol. The first-order valence-electron chi connectivity index (χ1n) is 7.23. The van der Waals surface area contributed by atoms with Gasteiger partial charge >= 0.3 is 5.69 Å². The number of aryl methyl sites for hydroxylation is 2. The van der Waals surface area contributed by atoms with Crippen molar-refractivity contribution in [2.24, 2.45) is 12.8 Å². The van der Waals surface area contributed by atoms with Gasteiger partial charge in [-0.3, -0.25) is 14.0 Å². The number of rotatable bonds is 4. The summed E-state index contributed by atoms with van der Waals surface area (Å²) in [6.07, 6.45) is 2.38. The normalized spacial score (nSPS) is 11.3. The number of amides is 1. The molecule has 3 rings (SSSR count). The highest BCUT2D eigenvalue weighted by Crippen LogP contribution is 2.22. The summed E-state index contributed by atoms with van der Waals surface area (Å²) in [6.45, 7) is 4.31. The van der Waals surface area contributed by atoms with Gasteiger partial charge in [0.25, 0.3) is 5.91 Å². The van der Waals surface area contributed by atoms with Crippen LogP contribution in [0.5, 0.6) is 0 Å². The van der Waals surface area contributed by atoms with Crippen molar-refractivity contribution < 1.29 is 4.79 Å². The molecule has 0 saturated heterocycles. The van der Waals surface area contributed by atoms with Crippen LogP contribution in [0.15, 0.2) is 11.0 Å². The molecule has 0 radical (unpaired) electrons. The molecular formula is C14H17N7O2. The van der Waals surface area contributed by atoms with Gasteiger partial charge in [0.05, 0.1) is 11.8 Å². The van der Waals surface area contributed by atoms with E-state index in [9.17, 15) is 9.59 Å². The molecule has 3 aromatic rings. The Balaban J connectivity index is 2.36. The van der Waals surface area contributed by atoms with Crippen LogP contribution >= 0.6 is 0 Å². The van der Waals surface area contributed by atoms with Crippen molar-refractivity contribution in [2.75, 3.05) is 0 Å². The number of imidazole rings is 1. The van der Waals surface area contributed by atoms with Crippen LogP contribution in [0.25, 0.3) is 22.6 Å². The van der Waals surface area contributed by atoms with Crippen molar-refractivity contribution in [1.29, 1.82) is 0 Å². The summed E-state index contributed by atoms with van der Waals surface area (Å²) in [7, 11) is 1.80. The smallest absolute Gasteiger partial charge is 0.327 e. The summed E-state index contributed by atoms with van der Waals surface area (Å²) < 4.78 is 3.17. The van der Waals surface area contributed by atoms with Crippen molar-refractivity contribution in [3.8, 4) is 11.4 Å². The third-order valence-electron chi connectivity index (χ3n) is 3.78. The second kappa shape index (κ2) is 5.34. The average Bonchev–Trinajstić information content (AvgIpc) is 3.00. The monoisotopic (exact) mass is 315 g/mol. The number of nitrogens with zero attached hydrogens (tertiary/aromatic N) is 5. The second-order valence-electron chi connectivity index (χ2n) is 5.31. The summed E-state index contributed by atoms with van der Waals surface area (Å²) >= 11 is 0. The highest BCUT2D eigenvalue weighted by Gasteiger charge is 2.20. The van der Waals surface area contributed by atoms with E-state index >= 15 is 0 Å². The summed E-state index contributed by atoms with van der Waals surface area (Å²) in [5.41, 5.74) is 7.26. The van der Waals surface area contributed by atoms with Crippen LogP contribution in [0.1, 0.15) is 29.5 Å². The molecule has 0 unspecified atom stereocenters. The van der Waals surface area contributed by atoms with Crippen LogP contribution < -0.4 is 11.4 Å². The Morgan fingerprint density at radius 3 is 2.70 bits per heavy atom. The molecule has 120 valence electrons. The van der Waals surface area contributed by atoms with Crippen LogP contribution in [0, 0.1) is 6.92 Å². The minimum absolute atomic E-state index is 0.000191. The second-order valence-corrected chi connectivity index (χ2v) is 5.31. The minimum atomic E-state index is -0.718. The molecule has 9 nitrogen and oxygen atoms in total. The molecule has 3 aromatic heterocycles. The lowest BCUT2D eigenvalue weighted by atomic mass is 10.2. The molecule has 3 N–H and O–H groups in total. The van der Waals surface area contributed by atoms with Crippen molar-refractivity contribution in [3.05, 3.63) is 28.1 Å². The number of carbonyl (C=O) groups is 1. The van der Waals surface area contributed by atoms with Crippen molar-refractivity contribution in [2.45, 2.75) is 26.8 Å². The Morgan fingerprint density at radius 2 is 2.13 bits per heavy atom. The quantitative estimate of drug-likeness (QED) is 0.718. The molecule has 3 heterocycles.